The van der Waals surface area contributed by atoms with Crippen molar-refractivity contribution < 1.29 is 4.39 Å². The van der Waals surface area contributed by atoms with Gasteiger partial charge in [0, 0.05) is 10.8 Å². The first-order valence-corrected chi connectivity index (χ1v) is 7.21. The molecule has 0 saturated carbocycles. The van der Waals surface area contributed by atoms with Crippen molar-refractivity contribution in [2.24, 2.45) is 0 Å². The number of fused-ring (bicyclic) bond motifs is 1. The van der Waals surface area contributed by atoms with Crippen LogP contribution in [0.2, 0.25) is 0 Å². The fourth-order valence-electron chi connectivity index (χ4n) is 2.56. The van der Waals surface area contributed by atoms with Crippen LogP contribution in [0.4, 0.5) is 4.39 Å². The van der Waals surface area contributed by atoms with Crippen LogP contribution >= 0.6 is 11.8 Å². The maximum absolute atomic E-state index is 13.0. The first-order chi connectivity index (χ1) is 8.74. The first kappa shape index (κ1) is 11.8. The van der Waals surface area contributed by atoms with Crippen LogP contribution in [0, 0.1) is 12.7 Å². The van der Waals surface area contributed by atoms with Gasteiger partial charge in [0.05, 0.1) is 0 Å². The molecule has 0 amide bonds. The van der Waals surface area contributed by atoms with Gasteiger partial charge in [0.25, 0.3) is 0 Å². The molecule has 0 radical (unpaired) electrons. The minimum atomic E-state index is -0.159. The van der Waals surface area contributed by atoms with Crippen LogP contribution in [-0.4, -0.2) is 5.75 Å². The molecular formula is C16H15FS. The number of rotatable bonds is 1. The fourth-order valence-corrected chi connectivity index (χ4v) is 3.66. The lowest BCUT2D eigenvalue weighted by Gasteiger charge is -2.26. The molecule has 2 heteroatoms. The molecule has 0 nitrogen and oxygen atoms in total. The van der Waals surface area contributed by atoms with Crippen molar-refractivity contribution in [2.45, 2.75) is 24.2 Å². The zero-order chi connectivity index (χ0) is 12.5. The van der Waals surface area contributed by atoms with E-state index in [-0.39, 0.29) is 5.82 Å². The number of thioether (sulfide) groups is 1. The summed E-state index contributed by atoms with van der Waals surface area (Å²) in [5.41, 5.74) is 3.92. The standard InChI is InChI=1S/C16H15FS/c1-11-2-7-16-15(10-11)14(8-9-18-16)12-3-5-13(17)6-4-12/h2-7,10,14H,8-9H2,1H3. The minimum Gasteiger partial charge on any atom is -0.207 e. The van der Waals surface area contributed by atoms with Crippen LogP contribution in [0.25, 0.3) is 0 Å². The molecule has 2 aromatic rings. The second-order valence-corrected chi connectivity index (χ2v) is 5.92. The predicted octanol–water partition coefficient (Wildman–Crippen LogP) is 4.76. The van der Waals surface area contributed by atoms with Gasteiger partial charge >= 0.3 is 0 Å². The smallest absolute Gasteiger partial charge is 0.123 e. The van der Waals surface area contributed by atoms with Gasteiger partial charge in [0.15, 0.2) is 0 Å². The van der Waals surface area contributed by atoms with Gasteiger partial charge in [-0.2, -0.15) is 0 Å². The van der Waals surface area contributed by atoms with Gasteiger partial charge in [-0.15, -0.1) is 11.8 Å². The summed E-state index contributed by atoms with van der Waals surface area (Å²) in [6.07, 6.45) is 1.13. The Labute approximate surface area is 111 Å². The van der Waals surface area contributed by atoms with E-state index in [0.29, 0.717) is 5.92 Å². The van der Waals surface area contributed by atoms with Gasteiger partial charge in [0.2, 0.25) is 0 Å². The highest BCUT2D eigenvalue weighted by molar-refractivity contribution is 7.99. The molecule has 0 N–H and O–H groups in total. The summed E-state index contributed by atoms with van der Waals surface area (Å²) < 4.78 is 13.0. The SMILES string of the molecule is Cc1ccc2c(c1)C(c1ccc(F)cc1)CCS2. The van der Waals surface area contributed by atoms with Gasteiger partial charge in [-0.1, -0.05) is 29.8 Å². The van der Waals surface area contributed by atoms with Crippen molar-refractivity contribution >= 4 is 11.8 Å². The molecular weight excluding hydrogens is 243 g/mol. The lowest BCUT2D eigenvalue weighted by molar-refractivity contribution is 0.625. The molecule has 0 bridgehead atoms. The summed E-state index contributed by atoms with van der Waals surface area (Å²) >= 11 is 1.92. The van der Waals surface area contributed by atoms with E-state index in [1.807, 2.05) is 23.9 Å². The predicted molar refractivity (Wildman–Crippen MR) is 74.8 cm³/mol. The zero-order valence-corrected chi connectivity index (χ0v) is 11.1. The molecule has 1 aliphatic heterocycles. The molecule has 1 aliphatic rings. The average molecular weight is 258 g/mol. The molecule has 1 unspecified atom stereocenters. The highest BCUT2D eigenvalue weighted by Gasteiger charge is 2.22. The number of hydrogen-bond donors (Lipinski definition) is 0. The number of aryl methyl sites for hydroxylation is 1. The van der Waals surface area contributed by atoms with Gasteiger partial charge in [-0.05, 0) is 48.4 Å². The Kier molecular flexibility index (Phi) is 3.13. The average Bonchev–Trinajstić information content (AvgIpc) is 2.39. The van der Waals surface area contributed by atoms with Crippen LogP contribution in [0.15, 0.2) is 47.4 Å². The van der Waals surface area contributed by atoms with E-state index in [2.05, 4.69) is 25.1 Å². The summed E-state index contributed by atoms with van der Waals surface area (Å²) in [6, 6.07) is 13.6. The topological polar surface area (TPSA) is 0 Å². The molecule has 18 heavy (non-hydrogen) atoms. The molecule has 92 valence electrons. The number of benzene rings is 2. The Bertz CT molecular complexity index is 560. The lowest BCUT2D eigenvalue weighted by atomic mass is 9.88. The maximum Gasteiger partial charge on any atom is 0.123 e. The Morgan fingerprint density at radius 2 is 1.89 bits per heavy atom. The summed E-state index contributed by atoms with van der Waals surface area (Å²) in [7, 11) is 0. The van der Waals surface area contributed by atoms with Crippen molar-refractivity contribution in [1.82, 2.24) is 0 Å². The summed E-state index contributed by atoms with van der Waals surface area (Å²) in [4.78, 5) is 1.38. The molecule has 2 aromatic carbocycles. The summed E-state index contributed by atoms with van der Waals surface area (Å²) in [5, 5.41) is 0. The van der Waals surface area contributed by atoms with Gasteiger partial charge < -0.3 is 0 Å². The highest BCUT2D eigenvalue weighted by atomic mass is 32.2. The lowest BCUT2D eigenvalue weighted by Crippen LogP contribution is -2.09. The van der Waals surface area contributed by atoms with Crippen LogP contribution in [0.5, 0.6) is 0 Å². The number of halogens is 1. The normalized spacial score (nSPS) is 18.4. The molecule has 1 atom stereocenters. The second-order valence-electron chi connectivity index (χ2n) is 4.78. The molecule has 3 rings (SSSR count). The van der Waals surface area contributed by atoms with Gasteiger partial charge in [-0.25, -0.2) is 4.39 Å². The number of hydrogen-bond acceptors (Lipinski definition) is 1. The maximum atomic E-state index is 13.0. The Morgan fingerprint density at radius 1 is 1.11 bits per heavy atom. The van der Waals surface area contributed by atoms with Gasteiger partial charge in [-0.3, -0.25) is 0 Å². The van der Waals surface area contributed by atoms with E-state index in [1.165, 1.54) is 21.6 Å². The Morgan fingerprint density at radius 3 is 2.67 bits per heavy atom. The van der Waals surface area contributed by atoms with E-state index >= 15 is 0 Å². The fraction of sp³-hybridized carbons (Fsp3) is 0.250. The summed E-state index contributed by atoms with van der Waals surface area (Å²) in [5.74, 6) is 1.40. The monoisotopic (exact) mass is 258 g/mol. The van der Waals surface area contributed by atoms with Crippen molar-refractivity contribution in [3.63, 3.8) is 0 Å². The largest absolute Gasteiger partial charge is 0.207 e. The van der Waals surface area contributed by atoms with Crippen LogP contribution in [-0.2, 0) is 0 Å². The van der Waals surface area contributed by atoms with E-state index < -0.39 is 0 Å². The third-order valence-electron chi connectivity index (χ3n) is 3.48. The van der Waals surface area contributed by atoms with Crippen LogP contribution in [0.1, 0.15) is 29.0 Å². The van der Waals surface area contributed by atoms with Crippen LogP contribution < -0.4 is 0 Å². The van der Waals surface area contributed by atoms with Crippen molar-refractivity contribution in [3.8, 4) is 0 Å². The Hall–Kier alpha value is -1.28. The quantitative estimate of drug-likeness (QED) is 0.710. The zero-order valence-electron chi connectivity index (χ0n) is 10.3. The molecule has 0 saturated heterocycles. The van der Waals surface area contributed by atoms with E-state index in [9.17, 15) is 4.39 Å². The highest BCUT2D eigenvalue weighted by Crippen LogP contribution is 2.41. The first-order valence-electron chi connectivity index (χ1n) is 6.23. The van der Waals surface area contributed by atoms with Crippen molar-refractivity contribution in [2.75, 3.05) is 5.75 Å². The minimum absolute atomic E-state index is 0.159. The van der Waals surface area contributed by atoms with Crippen LogP contribution in [0.3, 0.4) is 0 Å². The third kappa shape index (κ3) is 2.17. The molecule has 1 heterocycles. The third-order valence-corrected chi connectivity index (χ3v) is 4.60. The van der Waals surface area contributed by atoms with E-state index in [0.717, 1.165) is 12.2 Å². The van der Waals surface area contributed by atoms with Crippen molar-refractivity contribution in [1.29, 1.82) is 0 Å². The second kappa shape index (κ2) is 4.77. The molecule has 0 spiro atoms. The molecule has 0 fully saturated rings. The van der Waals surface area contributed by atoms with Crippen molar-refractivity contribution in [3.05, 3.63) is 65.0 Å². The summed E-state index contributed by atoms with van der Waals surface area (Å²) in [6.45, 7) is 2.13. The molecule has 0 aliphatic carbocycles. The van der Waals surface area contributed by atoms with E-state index in [4.69, 9.17) is 0 Å². The van der Waals surface area contributed by atoms with E-state index in [1.54, 1.807) is 12.1 Å². The molecule has 0 aromatic heterocycles. The Balaban J connectivity index is 2.05. The van der Waals surface area contributed by atoms with Gasteiger partial charge in [0.1, 0.15) is 5.82 Å².